The van der Waals surface area contributed by atoms with Crippen molar-refractivity contribution >= 4 is 8.32 Å². The first-order valence-electron chi connectivity index (χ1n) is 8.95. The van der Waals surface area contributed by atoms with E-state index in [9.17, 15) is 0 Å². The first-order chi connectivity index (χ1) is 10.6. The van der Waals surface area contributed by atoms with Crippen molar-refractivity contribution in [3.8, 4) is 0 Å². The van der Waals surface area contributed by atoms with Crippen LogP contribution in [-0.4, -0.2) is 46.1 Å². The van der Waals surface area contributed by atoms with Gasteiger partial charge >= 0.3 is 0 Å². The molecule has 3 nitrogen and oxygen atoms in total. The molecule has 1 heterocycles. The highest BCUT2D eigenvalue weighted by Gasteiger charge is 2.30. The van der Waals surface area contributed by atoms with Gasteiger partial charge in [-0.05, 0) is 37.6 Å². The molecule has 1 fully saturated rings. The summed E-state index contributed by atoms with van der Waals surface area (Å²) < 4.78 is 11.8. The van der Waals surface area contributed by atoms with E-state index in [4.69, 9.17) is 9.16 Å². The fourth-order valence-electron chi connectivity index (χ4n) is 3.18. The zero-order valence-electron chi connectivity index (χ0n) is 16.2. The number of hydrogen-bond acceptors (Lipinski definition) is 3. The normalized spacial score (nSPS) is 24.0. The smallest absolute Gasteiger partial charge is 0.183 e. The summed E-state index contributed by atoms with van der Waals surface area (Å²) in [6.45, 7) is 20.7. The lowest BCUT2D eigenvalue weighted by Gasteiger charge is -2.39. The number of morpholine rings is 1. The zero-order chi connectivity index (χ0) is 17.3. The van der Waals surface area contributed by atoms with Crippen LogP contribution in [0.1, 0.15) is 34.1 Å². The van der Waals surface area contributed by atoms with Crippen LogP contribution in [0.25, 0.3) is 0 Å². The van der Waals surface area contributed by atoms with Gasteiger partial charge in [0, 0.05) is 37.7 Å². The Balaban J connectivity index is 2.24. The molecular weight excluding hydrogens is 302 g/mol. The van der Waals surface area contributed by atoms with Crippen LogP contribution in [0.15, 0.2) is 22.9 Å². The van der Waals surface area contributed by atoms with E-state index in [1.807, 2.05) is 0 Å². The minimum Gasteiger partial charge on any atom is -0.417 e. The van der Waals surface area contributed by atoms with E-state index in [1.165, 1.54) is 11.3 Å². The average Bonchev–Trinajstić information content (AvgIpc) is 2.45. The predicted molar refractivity (Wildman–Crippen MR) is 100 cm³/mol. The molecule has 132 valence electrons. The molecule has 0 spiro atoms. The Bertz CT molecular complexity index is 477. The summed E-state index contributed by atoms with van der Waals surface area (Å²) in [6, 6.07) is 0. The SMILES string of the molecule is CC1=C(N2CCOCC2)CC(C(C)(C)C)=CC1CO[Si](C)(C)C. The van der Waals surface area contributed by atoms with Crippen molar-refractivity contribution in [3.05, 3.63) is 22.9 Å². The summed E-state index contributed by atoms with van der Waals surface area (Å²) in [6.07, 6.45) is 3.57. The van der Waals surface area contributed by atoms with E-state index in [2.05, 4.69) is 58.3 Å². The Hall–Kier alpha value is -0.583. The maximum atomic E-state index is 6.25. The summed E-state index contributed by atoms with van der Waals surface area (Å²) in [7, 11) is -1.49. The van der Waals surface area contributed by atoms with Gasteiger partial charge in [0.1, 0.15) is 0 Å². The van der Waals surface area contributed by atoms with Gasteiger partial charge in [-0.3, -0.25) is 0 Å². The van der Waals surface area contributed by atoms with Crippen LogP contribution in [0.5, 0.6) is 0 Å². The van der Waals surface area contributed by atoms with Gasteiger partial charge in [0.2, 0.25) is 0 Å². The van der Waals surface area contributed by atoms with Crippen molar-refractivity contribution in [2.24, 2.45) is 11.3 Å². The van der Waals surface area contributed by atoms with Crippen molar-refractivity contribution in [2.75, 3.05) is 32.9 Å². The minimum atomic E-state index is -1.49. The van der Waals surface area contributed by atoms with E-state index < -0.39 is 8.32 Å². The molecule has 1 aliphatic carbocycles. The van der Waals surface area contributed by atoms with Crippen molar-refractivity contribution in [2.45, 2.75) is 53.8 Å². The molecule has 0 aromatic heterocycles. The topological polar surface area (TPSA) is 21.7 Å². The van der Waals surface area contributed by atoms with Crippen molar-refractivity contribution in [3.63, 3.8) is 0 Å². The largest absolute Gasteiger partial charge is 0.417 e. The van der Waals surface area contributed by atoms with Crippen molar-refractivity contribution < 1.29 is 9.16 Å². The fourth-order valence-corrected chi connectivity index (χ4v) is 3.86. The third kappa shape index (κ3) is 5.20. The van der Waals surface area contributed by atoms with Gasteiger partial charge in [0.05, 0.1) is 13.2 Å². The molecule has 0 N–H and O–H groups in total. The third-order valence-electron chi connectivity index (χ3n) is 4.82. The summed E-state index contributed by atoms with van der Waals surface area (Å²) in [5.41, 5.74) is 4.78. The van der Waals surface area contributed by atoms with Gasteiger partial charge in [0.25, 0.3) is 0 Å². The first-order valence-corrected chi connectivity index (χ1v) is 12.4. The molecule has 0 aromatic carbocycles. The van der Waals surface area contributed by atoms with Gasteiger partial charge in [-0.2, -0.15) is 0 Å². The van der Waals surface area contributed by atoms with E-state index in [0.717, 1.165) is 39.3 Å². The Kier molecular flexibility index (Phi) is 5.80. The lowest BCUT2D eigenvalue weighted by molar-refractivity contribution is 0.0511. The Morgan fingerprint density at radius 2 is 1.83 bits per heavy atom. The van der Waals surface area contributed by atoms with Gasteiger partial charge in [0.15, 0.2) is 8.32 Å². The van der Waals surface area contributed by atoms with Crippen LogP contribution in [-0.2, 0) is 9.16 Å². The average molecular weight is 338 g/mol. The first kappa shape index (κ1) is 18.8. The molecule has 1 saturated heterocycles. The number of allylic oxidation sites excluding steroid dienone is 1. The Labute approximate surface area is 143 Å². The molecule has 23 heavy (non-hydrogen) atoms. The molecule has 0 bridgehead atoms. The lowest BCUT2D eigenvalue weighted by atomic mass is 9.76. The summed E-state index contributed by atoms with van der Waals surface area (Å²) in [4.78, 5) is 2.54. The van der Waals surface area contributed by atoms with Gasteiger partial charge in [-0.1, -0.05) is 32.4 Å². The predicted octanol–water partition coefficient (Wildman–Crippen LogP) is 4.44. The quantitative estimate of drug-likeness (QED) is 0.559. The molecule has 0 amide bonds. The molecule has 1 aliphatic heterocycles. The third-order valence-corrected chi connectivity index (χ3v) is 5.86. The second kappa shape index (κ2) is 7.12. The van der Waals surface area contributed by atoms with Crippen molar-refractivity contribution in [1.82, 2.24) is 4.90 Å². The highest BCUT2D eigenvalue weighted by molar-refractivity contribution is 6.69. The maximum absolute atomic E-state index is 6.25. The molecule has 0 saturated carbocycles. The van der Waals surface area contributed by atoms with Gasteiger partial charge < -0.3 is 14.1 Å². The van der Waals surface area contributed by atoms with E-state index >= 15 is 0 Å². The minimum absolute atomic E-state index is 0.218. The second-order valence-electron chi connectivity index (χ2n) is 8.88. The van der Waals surface area contributed by atoms with Crippen LogP contribution in [0.2, 0.25) is 19.6 Å². The van der Waals surface area contributed by atoms with E-state index in [-0.39, 0.29) is 5.41 Å². The van der Waals surface area contributed by atoms with Crippen LogP contribution < -0.4 is 0 Å². The van der Waals surface area contributed by atoms with Gasteiger partial charge in [-0.25, -0.2) is 0 Å². The second-order valence-corrected chi connectivity index (χ2v) is 13.4. The Morgan fingerprint density at radius 3 is 2.35 bits per heavy atom. The van der Waals surface area contributed by atoms with Crippen LogP contribution in [0.3, 0.4) is 0 Å². The fraction of sp³-hybridized carbons (Fsp3) is 0.789. The molecule has 0 aromatic rings. The van der Waals surface area contributed by atoms with E-state index in [0.29, 0.717) is 5.92 Å². The number of hydrogen-bond donors (Lipinski definition) is 0. The number of ether oxygens (including phenoxy) is 1. The molecule has 4 heteroatoms. The summed E-state index contributed by atoms with van der Waals surface area (Å²) in [5, 5.41) is 0. The van der Waals surface area contributed by atoms with Crippen LogP contribution in [0.4, 0.5) is 0 Å². The number of nitrogens with zero attached hydrogens (tertiary/aromatic N) is 1. The standard InChI is InChI=1S/C19H35NO2Si/c1-15-16(14-22-23(5,6)7)12-17(19(2,3)4)13-18(15)20-8-10-21-11-9-20/h12,16H,8-11,13-14H2,1-7H3. The molecular formula is C19H35NO2Si. The lowest BCUT2D eigenvalue weighted by Crippen LogP contribution is -2.38. The zero-order valence-corrected chi connectivity index (χ0v) is 17.2. The molecule has 1 unspecified atom stereocenters. The molecule has 2 aliphatic rings. The van der Waals surface area contributed by atoms with Gasteiger partial charge in [-0.15, -0.1) is 0 Å². The molecule has 1 atom stereocenters. The number of rotatable bonds is 4. The highest BCUT2D eigenvalue weighted by atomic mass is 28.4. The summed E-state index contributed by atoms with van der Waals surface area (Å²) in [5.74, 6) is 0.419. The molecule has 0 radical (unpaired) electrons. The van der Waals surface area contributed by atoms with Crippen LogP contribution in [0, 0.1) is 11.3 Å². The Morgan fingerprint density at radius 1 is 1.22 bits per heavy atom. The van der Waals surface area contributed by atoms with E-state index in [1.54, 1.807) is 5.57 Å². The summed E-state index contributed by atoms with van der Waals surface area (Å²) >= 11 is 0. The van der Waals surface area contributed by atoms with Crippen molar-refractivity contribution in [1.29, 1.82) is 0 Å². The maximum Gasteiger partial charge on any atom is 0.183 e. The monoisotopic (exact) mass is 337 g/mol. The van der Waals surface area contributed by atoms with Crippen LogP contribution >= 0.6 is 0 Å². The highest BCUT2D eigenvalue weighted by Crippen LogP contribution is 2.39. The molecule has 2 rings (SSSR count).